The predicted octanol–water partition coefficient (Wildman–Crippen LogP) is 6.89. The summed E-state index contributed by atoms with van der Waals surface area (Å²) in [6.07, 6.45) is 16.5. The number of fused-ring (bicyclic) bond motifs is 7. The second-order valence-electron chi connectivity index (χ2n) is 12.9. The van der Waals surface area contributed by atoms with Crippen LogP contribution in [0.5, 0.6) is 0 Å². The molecule has 0 aromatic carbocycles. The highest BCUT2D eigenvalue weighted by molar-refractivity contribution is 5.25. The first kappa shape index (κ1) is 19.4. The molecule has 1 unspecified atom stereocenters. The normalized spacial score (nSPS) is 57.8. The Balaban J connectivity index is 1.31. The molecule has 6 rings (SSSR count). The third kappa shape index (κ3) is 2.43. The van der Waals surface area contributed by atoms with Gasteiger partial charge in [-0.25, -0.2) is 0 Å². The van der Waals surface area contributed by atoms with Crippen LogP contribution in [0.25, 0.3) is 0 Å². The molecule has 0 N–H and O–H groups in total. The monoisotopic (exact) mass is 398 g/mol. The van der Waals surface area contributed by atoms with Gasteiger partial charge in [0.05, 0.1) is 11.7 Å². The maximum absolute atomic E-state index is 6.91. The minimum atomic E-state index is -0.293. The van der Waals surface area contributed by atoms with Crippen LogP contribution in [-0.2, 0) is 9.47 Å². The van der Waals surface area contributed by atoms with E-state index >= 15 is 0 Å². The Bertz CT molecular complexity index is 739. The summed E-state index contributed by atoms with van der Waals surface area (Å²) < 4.78 is 13.5. The van der Waals surface area contributed by atoms with E-state index in [2.05, 4.69) is 40.7 Å². The van der Waals surface area contributed by atoms with Gasteiger partial charge in [0, 0.05) is 12.3 Å². The quantitative estimate of drug-likeness (QED) is 0.414. The van der Waals surface area contributed by atoms with Crippen LogP contribution in [0.4, 0.5) is 0 Å². The van der Waals surface area contributed by atoms with Crippen LogP contribution in [0.3, 0.4) is 0 Å². The maximum Gasteiger partial charge on any atom is 0.172 e. The van der Waals surface area contributed by atoms with Crippen molar-refractivity contribution >= 4 is 0 Å². The summed E-state index contributed by atoms with van der Waals surface area (Å²) >= 11 is 0. The molecule has 29 heavy (non-hydrogen) atoms. The molecule has 2 heterocycles. The highest BCUT2D eigenvalue weighted by Crippen LogP contribution is 2.71. The molecule has 9 atom stereocenters. The predicted molar refractivity (Wildman–Crippen MR) is 116 cm³/mol. The van der Waals surface area contributed by atoms with E-state index in [9.17, 15) is 0 Å². The number of hydrogen-bond donors (Lipinski definition) is 0. The zero-order valence-electron chi connectivity index (χ0n) is 19.4. The summed E-state index contributed by atoms with van der Waals surface area (Å²) in [5.41, 5.74) is 2.76. The van der Waals surface area contributed by atoms with E-state index in [1.165, 1.54) is 51.4 Å². The van der Waals surface area contributed by atoms with Crippen LogP contribution in [0, 0.1) is 40.4 Å². The SMILES string of the molecule is C[C@H]1[C@H]2[C@H](C[C@H]3[C@@H]4CC=C5CCCC[C@]5(C)[C@H]4CC[C@]23C)OC12CCC(C)(C)O2. The van der Waals surface area contributed by atoms with Gasteiger partial charge in [-0.1, -0.05) is 38.8 Å². The number of rotatable bonds is 0. The van der Waals surface area contributed by atoms with E-state index in [-0.39, 0.29) is 11.4 Å². The molecule has 0 amide bonds. The van der Waals surface area contributed by atoms with Crippen molar-refractivity contribution in [1.29, 1.82) is 0 Å². The highest BCUT2D eigenvalue weighted by atomic mass is 16.7. The number of hydrogen-bond acceptors (Lipinski definition) is 2. The van der Waals surface area contributed by atoms with Gasteiger partial charge in [-0.05, 0) is 99.7 Å². The van der Waals surface area contributed by atoms with Gasteiger partial charge in [0.2, 0.25) is 0 Å². The summed E-state index contributed by atoms with van der Waals surface area (Å²) in [5, 5.41) is 0. The fourth-order valence-electron chi connectivity index (χ4n) is 9.83. The van der Waals surface area contributed by atoms with Crippen molar-refractivity contribution in [3.63, 3.8) is 0 Å². The van der Waals surface area contributed by atoms with Crippen molar-refractivity contribution in [2.24, 2.45) is 40.4 Å². The van der Waals surface area contributed by atoms with E-state index in [1.54, 1.807) is 0 Å². The summed E-state index contributed by atoms with van der Waals surface area (Å²) in [6.45, 7) is 12.2. The Morgan fingerprint density at radius 1 is 0.966 bits per heavy atom. The van der Waals surface area contributed by atoms with Crippen LogP contribution in [0.1, 0.15) is 98.8 Å². The minimum Gasteiger partial charge on any atom is -0.346 e. The van der Waals surface area contributed by atoms with Gasteiger partial charge in [-0.2, -0.15) is 0 Å². The van der Waals surface area contributed by atoms with Crippen molar-refractivity contribution in [2.75, 3.05) is 0 Å². The number of ether oxygens (including phenoxy) is 2. The lowest BCUT2D eigenvalue weighted by Gasteiger charge is -2.58. The smallest absolute Gasteiger partial charge is 0.172 e. The van der Waals surface area contributed by atoms with Crippen molar-refractivity contribution in [2.45, 2.75) is 116 Å². The van der Waals surface area contributed by atoms with Crippen molar-refractivity contribution in [1.82, 2.24) is 0 Å². The van der Waals surface area contributed by atoms with E-state index in [0.29, 0.717) is 28.8 Å². The lowest BCUT2D eigenvalue weighted by atomic mass is 9.47. The first-order valence-corrected chi connectivity index (χ1v) is 12.8. The average Bonchev–Trinajstić information content (AvgIpc) is 3.23. The van der Waals surface area contributed by atoms with E-state index in [1.807, 2.05) is 5.57 Å². The Labute approximate surface area is 178 Å². The zero-order valence-corrected chi connectivity index (χ0v) is 19.4. The Morgan fingerprint density at radius 2 is 1.79 bits per heavy atom. The van der Waals surface area contributed by atoms with Gasteiger partial charge >= 0.3 is 0 Å². The molecule has 0 aromatic heterocycles. The fourth-order valence-corrected chi connectivity index (χ4v) is 9.83. The largest absolute Gasteiger partial charge is 0.346 e. The molecule has 4 aliphatic carbocycles. The fraction of sp³-hybridized carbons (Fsp3) is 0.926. The minimum absolute atomic E-state index is 0.0228. The first-order valence-electron chi connectivity index (χ1n) is 12.8. The topological polar surface area (TPSA) is 18.5 Å². The number of allylic oxidation sites excluding steroid dienone is 2. The molecule has 162 valence electrons. The Morgan fingerprint density at radius 3 is 2.55 bits per heavy atom. The molecule has 2 saturated heterocycles. The molecule has 1 spiro atoms. The molecule has 0 radical (unpaired) electrons. The van der Waals surface area contributed by atoms with Crippen LogP contribution in [0.2, 0.25) is 0 Å². The lowest BCUT2D eigenvalue weighted by Crippen LogP contribution is -2.51. The molecule has 6 aliphatic rings. The van der Waals surface area contributed by atoms with Crippen LogP contribution >= 0.6 is 0 Å². The van der Waals surface area contributed by atoms with Gasteiger partial charge < -0.3 is 9.47 Å². The Hall–Kier alpha value is -0.340. The van der Waals surface area contributed by atoms with Crippen molar-refractivity contribution in [3.8, 4) is 0 Å². The van der Waals surface area contributed by atoms with E-state index in [0.717, 1.165) is 30.6 Å². The Kier molecular flexibility index (Phi) is 3.95. The molecular weight excluding hydrogens is 356 g/mol. The lowest BCUT2D eigenvalue weighted by molar-refractivity contribution is -0.253. The summed E-state index contributed by atoms with van der Waals surface area (Å²) in [5.74, 6) is 3.58. The average molecular weight is 399 g/mol. The van der Waals surface area contributed by atoms with Crippen molar-refractivity contribution in [3.05, 3.63) is 11.6 Å². The van der Waals surface area contributed by atoms with Crippen LogP contribution in [0.15, 0.2) is 11.6 Å². The summed E-state index contributed by atoms with van der Waals surface area (Å²) in [6, 6.07) is 0. The third-order valence-corrected chi connectivity index (χ3v) is 11.2. The molecule has 3 saturated carbocycles. The second-order valence-corrected chi connectivity index (χ2v) is 12.9. The standard InChI is InChI=1S/C27H42O2/c1-17-23-22(28-27(17)15-14-24(2,3)29-27)16-21-19-10-9-18-8-6-7-12-25(18,4)20(19)11-13-26(21,23)5/h9,17,19-23H,6-8,10-16H2,1-5H3/t17-,19+,20-,21-,22-,23-,25-,26-,27?/m0/s1. The zero-order chi connectivity index (χ0) is 20.2. The van der Waals surface area contributed by atoms with Gasteiger partial charge in [0.15, 0.2) is 5.79 Å². The highest BCUT2D eigenvalue weighted by Gasteiger charge is 2.69. The van der Waals surface area contributed by atoms with E-state index < -0.39 is 0 Å². The molecule has 2 heteroatoms. The first-order chi connectivity index (χ1) is 13.7. The molecule has 0 aromatic rings. The van der Waals surface area contributed by atoms with Crippen LogP contribution < -0.4 is 0 Å². The van der Waals surface area contributed by atoms with Gasteiger partial charge in [-0.15, -0.1) is 0 Å². The molecule has 2 nitrogen and oxygen atoms in total. The molecule has 0 bridgehead atoms. The van der Waals surface area contributed by atoms with Crippen molar-refractivity contribution < 1.29 is 9.47 Å². The van der Waals surface area contributed by atoms with Gasteiger partial charge in [0.25, 0.3) is 0 Å². The third-order valence-electron chi connectivity index (χ3n) is 11.2. The van der Waals surface area contributed by atoms with Crippen LogP contribution in [-0.4, -0.2) is 17.5 Å². The summed E-state index contributed by atoms with van der Waals surface area (Å²) in [7, 11) is 0. The van der Waals surface area contributed by atoms with Gasteiger partial charge in [-0.3, -0.25) is 0 Å². The molecule has 5 fully saturated rings. The summed E-state index contributed by atoms with van der Waals surface area (Å²) in [4.78, 5) is 0. The molecular formula is C27H42O2. The molecule has 2 aliphatic heterocycles. The maximum atomic E-state index is 6.91. The van der Waals surface area contributed by atoms with Gasteiger partial charge in [0.1, 0.15) is 0 Å². The van der Waals surface area contributed by atoms with E-state index in [4.69, 9.17) is 9.47 Å². The second kappa shape index (κ2) is 5.91.